The predicted molar refractivity (Wildman–Crippen MR) is 120 cm³/mol. The van der Waals surface area contributed by atoms with Crippen LogP contribution in [0, 0.1) is 6.92 Å². The number of aliphatic hydroxyl groups excluding tert-OH is 1. The molecule has 176 valence electrons. The van der Waals surface area contributed by atoms with Gasteiger partial charge in [-0.15, -0.1) is 0 Å². The van der Waals surface area contributed by atoms with Crippen LogP contribution in [0.25, 0.3) is 0 Å². The second-order valence-electron chi connectivity index (χ2n) is 9.14. The molecule has 3 saturated heterocycles. The number of hydrogen-bond acceptors (Lipinski definition) is 7. The number of carbonyl (C=O) groups is 2. The van der Waals surface area contributed by atoms with Crippen molar-refractivity contribution >= 4 is 23.7 Å². The van der Waals surface area contributed by atoms with Gasteiger partial charge < -0.3 is 24.4 Å². The number of pyridine rings is 1. The molecule has 3 aliphatic rings. The van der Waals surface area contributed by atoms with Crippen LogP contribution < -0.4 is 10.2 Å². The van der Waals surface area contributed by atoms with Gasteiger partial charge in [-0.25, -0.2) is 14.6 Å². The Labute approximate surface area is 189 Å². The normalized spacial score (nSPS) is 27.2. The zero-order chi connectivity index (χ0) is 22.7. The van der Waals surface area contributed by atoms with Crippen LogP contribution >= 0.6 is 0 Å². The third-order valence-corrected chi connectivity index (χ3v) is 6.60. The Bertz CT molecular complexity index is 821. The average molecular weight is 447 g/mol. The van der Waals surface area contributed by atoms with Crippen molar-refractivity contribution in [3.8, 4) is 0 Å². The minimum atomic E-state index is -0.482. The van der Waals surface area contributed by atoms with Crippen LogP contribution in [0.1, 0.15) is 57.4 Å². The first-order valence-corrected chi connectivity index (χ1v) is 11.8. The lowest BCUT2D eigenvalue weighted by atomic mass is 10.0. The lowest BCUT2D eigenvalue weighted by molar-refractivity contribution is 0.00637. The van der Waals surface area contributed by atoms with E-state index < -0.39 is 6.09 Å². The third kappa shape index (κ3) is 5.09. The molecule has 3 aliphatic heterocycles. The van der Waals surface area contributed by atoms with Gasteiger partial charge in [0.05, 0.1) is 31.1 Å². The molecule has 3 unspecified atom stereocenters. The smallest absolute Gasteiger partial charge is 0.411 e. The molecule has 2 amide bonds. The molecule has 1 aromatic heterocycles. The van der Waals surface area contributed by atoms with Gasteiger partial charge in [0.2, 0.25) is 0 Å². The SMILES string of the molecule is CCCOC(=O)Nc1cnc(N2CCCC(OC(=O)N3C4CCC3CC(O)C4)C2)c(C)c1. The number of amides is 2. The van der Waals surface area contributed by atoms with Gasteiger partial charge in [0.1, 0.15) is 11.9 Å². The van der Waals surface area contributed by atoms with Crippen LogP contribution in [0.5, 0.6) is 0 Å². The summed E-state index contributed by atoms with van der Waals surface area (Å²) in [5.41, 5.74) is 1.53. The Morgan fingerprint density at radius 3 is 2.69 bits per heavy atom. The summed E-state index contributed by atoms with van der Waals surface area (Å²) in [7, 11) is 0. The lowest BCUT2D eigenvalue weighted by Crippen LogP contribution is -2.50. The molecule has 0 spiro atoms. The van der Waals surface area contributed by atoms with E-state index in [1.165, 1.54) is 0 Å². The molecule has 2 bridgehead atoms. The van der Waals surface area contributed by atoms with Gasteiger partial charge in [0.25, 0.3) is 0 Å². The lowest BCUT2D eigenvalue weighted by Gasteiger charge is -2.39. The molecule has 9 heteroatoms. The Morgan fingerprint density at radius 2 is 2.00 bits per heavy atom. The minimum absolute atomic E-state index is 0.101. The van der Waals surface area contributed by atoms with E-state index >= 15 is 0 Å². The number of aliphatic hydroxyl groups is 1. The van der Waals surface area contributed by atoms with Gasteiger partial charge in [0, 0.05) is 18.6 Å². The van der Waals surface area contributed by atoms with Crippen molar-refractivity contribution in [1.29, 1.82) is 0 Å². The van der Waals surface area contributed by atoms with Gasteiger partial charge in [-0.1, -0.05) is 6.92 Å². The van der Waals surface area contributed by atoms with E-state index in [1.807, 2.05) is 24.8 Å². The highest BCUT2D eigenvalue weighted by Crippen LogP contribution is 2.36. The summed E-state index contributed by atoms with van der Waals surface area (Å²) in [6.45, 7) is 5.71. The molecule has 4 heterocycles. The molecule has 2 N–H and O–H groups in total. The highest BCUT2D eigenvalue weighted by Gasteiger charge is 2.44. The molecule has 1 aromatic rings. The summed E-state index contributed by atoms with van der Waals surface area (Å²) in [4.78, 5) is 33.2. The van der Waals surface area contributed by atoms with Crippen molar-refractivity contribution in [3.05, 3.63) is 17.8 Å². The fourth-order valence-electron chi connectivity index (χ4n) is 5.19. The van der Waals surface area contributed by atoms with Crippen molar-refractivity contribution in [2.45, 2.75) is 83.1 Å². The fraction of sp³-hybridized carbons (Fsp3) is 0.696. The first-order chi connectivity index (χ1) is 15.4. The quantitative estimate of drug-likeness (QED) is 0.714. The first kappa shape index (κ1) is 22.6. The molecule has 0 radical (unpaired) electrons. The largest absolute Gasteiger partial charge is 0.449 e. The Kier molecular flexibility index (Phi) is 7.03. The summed E-state index contributed by atoms with van der Waals surface area (Å²) in [6.07, 6.45) is 6.11. The Morgan fingerprint density at radius 1 is 1.25 bits per heavy atom. The minimum Gasteiger partial charge on any atom is -0.449 e. The maximum atomic E-state index is 12.9. The Balaban J connectivity index is 1.34. The van der Waals surface area contributed by atoms with E-state index in [1.54, 1.807) is 6.20 Å². The molecule has 0 aromatic carbocycles. The van der Waals surface area contributed by atoms with Crippen LogP contribution in [-0.2, 0) is 9.47 Å². The number of nitrogens with zero attached hydrogens (tertiary/aromatic N) is 3. The highest BCUT2D eigenvalue weighted by atomic mass is 16.6. The van der Waals surface area contributed by atoms with Crippen molar-refractivity contribution in [2.24, 2.45) is 0 Å². The summed E-state index contributed by atoms with van der Waals surface area (Å²) < 4.78 is 11.0. The van der Waals surface area contributed by atoms with Crippen molar-refractivity contribution in [2.75, 3.05) is 29.9 Å². The first-order valence-electron chi connectivity index (χ1n) is 11.8. The Hall–Kier alpha value is -2.55. The second kappa shape index (κ2) is 9.94. The zero-order valence-corrected chi connectivity index (χ0v) is 19.0. The summed E-state index contributed by atoms with van der Waals surface area (Å²) >= 11 is 0. The van der Waals surface area contributed by atoms with Crippen LogP contribution in [0.15, 0.2) is 12.3 Å². The van der Waals surface area contributed by atoms with Crippen LogP contribution in [0.2, 0.25) is 0 Å². The van der Waals surface area contributed by atoms with Crippen molar-refractivity contribution in [3.63, 3.8) is 0 Å². The summed E-state index contributed by atoms with van der Waals surface area (Å²) in [5, 5.41) is 12.7. The molecule has 0 saturated carbocycles. The number of rotatable bonds is 5. The van der Waals surface area contributed by atoms with Crippen LogP contribution in [-0.4, -0.2) is 71.2 Å². The van der Waals surface area contributed by atoms with E-state index in [2.05, 4.69) is 15.2 Å². The average Bonchev–Trinajstić information content (AvgIpc) is 3.04. The van der Waals surface area contributed by atoms with Gasteiger partial charge >= 0.3 is 12.2 Å². The second-order valence-corrected chi connectivity index (χ2v) is 9.14. The van der Waals surface area contributed by atoms with Crippen LogP contribution in [0.3, 0.4) is 0 Å². The number of anilines is 2. The fourth-order valence-corrected chi connectivity index (χ4v) is 5.19. The predicted octanol–water partition coefficient (Wildman–Crippen LogP) is 3.44. The van der Waals surface area contributed by atoms with E-state index in [4.69, 9.17) is 9.47 Å². The molecule has 0 aliphatic carbocycles. The molecule has 4 rings (SSSR count). The van der Waals surface area contributed by atoms with E-state index in [0.29, 0.717) is 31.7 Å². The van der Waals surface area contributed by atoms with Crippen molar-refractivity contribution in [1.82, 2.24) is 9.88 Å². The highest BCUT2D eigenvalue weighted by molar-refractivity contribution is 5.84. The molecule has 3 fully saturated rings. The number of hydrogen-bond donors (Lipinski definition) is 2. The number of carbonyl (C=O) groups excluding carboxylic acids is 2. The molecule has 3 atom stereocenters. The molecule has 9 nitrogen and oxygen atoms in total. The van der Waals surface area contributed by atoms with Crippen LogP contribution in [0.4, 0.5) is 21.1 Å². The molecule has 32 heavy (non-hydrogen) atoms. The van der Waals surface area contributed by atoms with Gasteiger partial charge in [-0.05, 0) is 63.5 Å². The maximum absolute atomic E-state index is 12.9. The van der Waals surface area contributed by atoms with Gasteiger partial charge in [-0.2, -0.15) is 0 Å². The third-order valence-electron chi connectivity index (χ3n) is 6.60. The molecular weight excluding hydrogens is 412 g/mol. The zero-order valence-electron chi connectivity index (χ0n) is 19.0. The monoisotopic (exact) mass is 446 g/mol. The van der Waals surface area contributed by atoms with Gasteiger partial charge in [-0.3, -0.25) is 5.32 Å². The number of piperidine rings is 2. The number of fused-ring (bicyclic) bond motifs is 2. The summed E-state index contributed by atoms with van der Waals surface area (Å²) in [5.74, 6) is 0.833. The number of aryl methyl sites for hydroxylation is 1. The van der Waals surface area contributed by atoms with E-state index in [-0.39, 0.29) is 30.4 Å². The topological polar surface area (TPSA) is 104 Å². The van der Waals surface area contributed by atoms with E-state index in [0.717, 1.165) is 50.0 Å². The summed E-state index contributed by atoms with van der Waals surface area (Å²) in [6, 6.07) is 2.08. The molecular formula is C23H34N4O5. The number of aromatic nitrogens is 1. The van der Waals surface area contributed by atoms with E-state index in [9.17, 15) is 14.7 Å². The van der Waals surface area contributed by atoms with Crippen molar-refractivity contribution < 1.29 is 24.2 Å². The van der Waals surface area contributed by atoms with Gasteiger partial charge in [0.15, 0.2) is 0 Å². The number of nitrogens with one attached hydrogen (secondary N) is 1. The number of ether oxygens (including phenoxy) is 2. The maximum Gasteiger partial charge on any atom is 0.411 e. The standard InChI is InChI=1S/C23H34N4O5/c1-3-9-31-22(29)25-16-10-15(2)21(24-13-16)26-8-4-5-20(14-26)32-23(30)27-17-6-7-18(27)12-19(28)11-17/h10,13,17-20,28H,3-9,11-12,14H2,1-2H3,(H,25,29).